The van der Waals surface area contributed by atoms with Crippen molar-refractivity contribution in [3.05, 3.63) is 35.9 Å². The molecule has 2 atom stereocenters. The average Bonchev–Trinajstić information content (AvgIpc) is 2.38. The Hall–Kier alpha value is -1.35. The Bertz CT molecular complexity index is 362. The van der Waals surface area contributed by atoms with E-state index in [1.54, 1.807) is 0 Å². The van der Waals surface area contributed by atoms with Crippen LogP contribution in [-0.2, 0) is 4.79 Å². The fourth-order valence-electron chi connectivity index (χ4n) is 1.87. The Morgan fingerprint density at radius 2 is 1.89 bits per heavy atom. The first-order chi connectivity index (χ1) is 8.56. The molecule has 1 rings (SSSR count). The molecule has 0 spiro atoms. The van der Waals surface area contributed by atoms with Gasteiger partial charge in [0.05, 0.1) is 12.1 Å². The van der Waals surface area contributed by atoms with Crippen LogP contribution in [0.15, 0.2) is 30.3 Å². The molecule has 0 saturated carbocycles. The second kappa shape index (κ2) is 7.17. The molecule has 0 aliphatic rings. The van der Waals surface area contributed by atoms with Gasteiger partial charge in [0, 0.05) is 0 Å². The highest BCUT2D eigenvalue weighted by Crippen LogP contribution is 2.18. The van der Waals surface area contributed by atoms with Crippen LogP contribution in [0.5, 0.6) is 0 Å². The zero-order valence-corrected chi connectivity index (χ0v) is 11.5. The molecule has 1 amide bonds. The van der Waals surface area contributed by atoms with Gasteiger partial charge in [-0.3, -0.25) is 4.79 Å². The summed E-state index contributed by atoms with van der Waals surface area (Å²) in [7, 11) is 0. The Kier molecular flexibility index (Phi) is 5.86. The van der Waals surface area contributed by atoms with Crippen molar-refractivity contribution < 1.29 is 4.79 Å². The highest BCUT2D eigenvalue weighted by Gasteiger charge is 2.20. The molecule has 18 heavy (non-hydrogen) atoms. The maximum absolute atomic E-state index is 12.0. The van der Waals surface area contributed by atoms with Gasteiger partial charge in [0.15, 0.2) is 0 Å². The molecule has 100 valence electrons. The van der Waals surface area contributed by atoms with Gasteiger partial charge in [-0.15, -0.1) is 0 Å². The summed E-state index contributed by atoms with van der Waals surface area (Å²) >= 11 is 0. The number of nitrogens with two attached hydrogens (primary N) is 1. The second-order valence-corrected chi connectivity index (χ2v) is 5.03. The molecule has 3 heteroatoms. The molecule has 1 aromatic rings. The van der Waals surface area contributed by atoms with Crippen molar-refractivity contribution in [3.8, 4) is 0 Å². The molecule has 0 aliphatic carbocycles. The summed E-state index contributed by atoms with van der Waals surface area (Å²) in [5.74, 6) is 0.0929. The Balaban J connectivity index is 2.72. The van der Waals surface area contributed by atoms with E-state index in [0.717, 1.165) is 18.4 Å². The summed E-state index contributed by atoms with van der Waals surface area (Å²) in [4.78, 5) is 12.0. The predicted molar refractivity (Wildman–Crippen MR) is 75.0 cm³/mol. The lowest BCUT2D eigenvalue weighted by molar-refractivity contribution is -0.124. The van der Waals surface area contributed by atoms with Crippen molar-refractivity contribution in [1.29, 1.82) is 0 Å². The number of benzene rings is 1. The largest absolute Gasteiger partial charge is 0.348 e. The topological polar surface area (TPSA) is 55.1 Å². The highest BCUT2D eigenvalue weighted by atomic mass is 16.2. The van der Waals surface area contributed by atoms with Gasteiger partial charge in [-0.2, -0.15) is 0 Å². The molecular weight excluding hydrogens is 224 g/mol. The number of hydrogen-bond acceptors (Lipinski definition) is 2. The van der Waals surface area contributed by atoms with Crippen LogP contribution >= 0.6 is 0 Å². The summed E-state index contributed by atoms with van der Waals surface area (Å²) in [5.41, 5.74) is 7.01. The summed E-state index contributed by atoms with van der Waals surface area (Å²) in [5, 5.41) is 3.05. The van der Waals surface area contributed by atoms with Crippen molar-refractivity contribution in [3.63, 3.8) is 0 Å². The highest BCUT2D eigenvalue weighted by molar-refractivity contribution is 5.82. The molecule has 0 radical (unpaired) electrons. The summed E-state index contributed by atoms with van der Waals surface area (Å²) < 4.78 is 0. The van der Waals surface area contributed by atoms with E-state index in [2.05, 4.69) is 12.2 Å². The molecule has 3 nitrogen and oxygen atoms in total. The van der Waals surface area contributed by atoms with Gasteiger partial charge in [0.2, 0.25) is 5.91 Å². The number of amides is 1. The third-order valence-electron chi connectivity index (χ3n) is 3.12. The van der Waals surface area contributed by atoms with Crippen LogP contribution < -0.4 is 11.1 Å². The van der Waals surface area contributed by atoms with Crippen molar-refractivity contribution in [2.75, 3.05) is 0 Å². The van der Waals surface area contributed by atoms with E-state index < -0.39 is 6.04 Å². The first-order valence-electron chi connectivity index (χ1n) is 6.67. The van der Waals surface area contributed by atoms with Gasteiger partial charge in [-0.25, -0.2) is 0 Å². The van der Waals surface area contributed by atoms with Crippen LogP contribution in [0.25, 0.3) is 0 Å². The zero-order valence-electron chi connectivity index (χ0n) is 11.5. The smallest absolute Gasteiger partial charge is 0.237 e. The summed E-state index contributed by atoms with van der Waals surface area (Å²) in [6.07, 6.45) is 1.96. The van der Waals surface area contributed by atoms with E-state index in [-0.39, 0.29) is 17.9 Å². The number of carbonyl (C=O) groups is 1. The summed E-state index contributed by atoms with van der Waals surface area (Å²) in [6.45, 7) is 6.04. The van der Waals surface area contributed by atoms with Crippen LogP contribution in [0.2, 0.25) is 0 Å². The van der Waals surface area contributed by atoms with E-state index in [4.69, 9.17) is 5.73 Å². The SMILES string of the molecule is CCCC(NC(=O)[C@H](N)C(C)C)c1ccccc1. The van der Waals surface area contributed by atoms with Crippen LogP contribution in [-0.4, -0.2) is 11.9 Å². The lowest BCUT2D eigenvalue weighted by atomic mass is 10.00. The van der Waals surface area contributed by atoms with Gasteiger partial charge >= 0.3 is 0 Å². The zero-order chi connectivity index (χ0) is 13.5. The van der Waals surface area contributed by atoms with Crippen molar-refractivity contribution in [2.24, 2.45) is 11.7 Å². The molecule has 1 aromatic carbocycles. The third kappa shape index (κ3) is 4.15. The molecule has 0 bridgehead atoms. The Morgan fingerprint density at radius 3 is 2.39 bits per heavy atom. The van der Waals surface area contributed by atoms with Gasteiger partial charge in [0.25, 0.3) is 0 Å². The normalized spacial score (nSPS) is 14.3. The molecule has 0 fully saturated rings. The van der Waals surface area contributed by atoms with Crippen molar-refractivity contribution >= 4 is 5.91 Å². The molecule has 0 saturated heterocycles. The molecule has 1 unspecified atom stereocenters. The molecule has 0 heterocycles. The fourth-order valence-corrected chi connectivity index (χ4v) is 1.87. The maximum Gasteiger partial charge on any atom is 0.237 e. The molecule has 3 N–H and O–H groups in total. The van der Waals surface area contributed by atoms with Crippen LogP contribution in [0, 0.1) is 5.92 Å². The first-order valence-corrected chi connectivity index (χ1v) is 6.67. The van der Waals surface area contributed by atoms with E-state index in [1.807, 2.05) is 44.2 Å². The van der Waals surface area contributed by atoms with Crippen molar-refractivity contribution in [1.82, 2.24) is 5.32 Å². The van der Waals surface area contributed by atoms with Crippen molar-refractivity contribution in [2.45, 2.75) is 45.7 Å². The van der Waals surface area contributed by atoms with Gasteiger partial charge in [-0.1, -0.05) is 57.5 Å². The second-order valence-electron chi connectivity index (χ2n) is 5.03. The van der Waals surface area contributed by atoms with Gasteiger partial charge < -0.3 is 11.1 Å². The lowest BCUT2D eigenvalue weighted by Crippen LogP contribution is -2.45. The molecular formula is C15H24N2O. The lowest BCUT2D eigenvalue weighted by Gasteiger charge is -2.22. The Morgan fingerprint density at radius 1 is 1.28 bits per heavy atom. The quantitative estimate of drug-likeness (QED) is 0.813. The monoisotopic (exact) mass is 248 g/mol. The number of hydrogen-bond donors (Lipinski definition) is 2. The minimum absolute atomic E-state index is 0.0627. The van der Waals surface area contributed by atoms with Crippen LogP contribution in [0.1, 0.15) is 45.2 Å². The number of nitrogens with one attached hydrogen (secondary N) is 1. The molecule has 0 aliphatic heterocycles. The van der Waals surface area contributed by atoms with E-state index in [1.165, 1.54) is 0 Å². The minimum atomic E-state index is -0.437. The molecule has 0 aromatic heterocycles. The fraction of sp³-hybridized carbons (Fsp3) is 0.533. The first kappa shape index (κ1) is 14.7. The van der Waals surface area contributed by atoms with Crippen LogP contribution in [0.3, 0.4) is 0 Å². The predicted octanol–water partition coefficient (Wildman–Crippen LogP) is 2.63. The van der Waals surface area contributed by atoms with Gasteiger partial charge in [0.1, 0.15) is 0 Å². The van der Waals surface area contributed by atoms with E-state index in [9.17, 15) is 4.79 Å². The number of carbonyl (C=O) groups excluding carboxylic acids is 1. The summed E-state index contributed by atoms with van der Waals surface area (Å²) in [6, 6.07) is 9.68. The van der Waals surface area contributed by atoms with Gasteiger partial charge in [-0.05, 0) is 17.9 Å². The van der Waals surface area contributed by atoms with Crippen LogP contribution in [0.4, 0.5) is 0 Å². The minimum Gasteiger partial charge on any atom is -0.348 e. The average molecular weight is 248 g/mol. The van der Waals surface area contributed by atoms with E-state index in [0.29, 0.717) is 0 Å². The third-order valence-corrected chi connectivity index (χ3v) is 3.12. The van der Waals surface area contributed by atoms with E-state index >= 15 is 0 Å². The number of rotatable bonds is 6. The maximum atomic E-state index is 12.0. The standard InChI is InChI=1S/C15H24N2O/c1-4-8-13(12-9-6-5-7-10-12)17-15(18)14(16)11(2)3/h5-7,9-11,13-14H,4,8,16H2,1-3H3,(H,17,18)/t13?,14-/m1/s1. The Labute approximate surface area is 110 Å².